The molecule has 5 nitrogen and oxygen atoms in total. The summed E-state index contributed by atoms with van der Waals surface area (Å²) in [5, 5.41) is 28.9. The van der Waals surface area contributed by atoms with Crippen molar-refractivity contribution in [2.75, 3.05) is 6.61 Å². The monoisotopic (exact) mass is 252 g/mol. The molecule has 0 fully saturated rings. The largest absolute Gasteiger partial charge is 0.508 e. The van der Waals surface area contributed by atoms with E-state index in [0.717, 1.165) is 6.07 Å². The molecule has 1 heterocycles. The van der Waals surface area contributed by atoms with Crippen molar-refractivity contribution in [2.45, 2.75) is 32.3 Å². The van der Waals surface area contributed by atoms with E-state index in [9.17, 15) is 20.1 Å². The van der Waals surface area contributed by atoms with E-state index < -0.39 is 11.6 Å². The molecule has 1 aliphatic rings. The van der Waals surface area contributed by atoms with Crippen LogP contribution in [0.1, 0.15) is 41.3 Å². The molecule has 0 bridgehead atoms. The molecular weight excluding hydrogens is 236 g/mol. The van der Waals surface area contributed by atoms with Gasteiger partial charge in [0.2, 0.25) is 0 Å². The van der Waals surface area contributed by atoms with Crippen molar-refractivity contribution in [1.82, 2.24) is 0 Å². The van der Waals surface area contributed by atoms with Crippen LogP contribution in [0, 0.1) is 6.92 Å². The number of phenolic OH excluding ortho intramolecular Hbond substituents is 2. The molecule has 1 aromatic rings. The summed E-state index contributed by atoms with van der Waals surface area (Å²) in [7, 11) is 0. The molecule has 3 N–H and O–H groups in total. The summed E-state index contributed by atoms with van der Waals surface area (Å²) in [5.74, 6) is -1.38. The van der Waals surface area contributed by atoms with E-state index in [4.69, 9.17) is 4.74 Å². The molecule has 98 valence electrons. The average molecular weight is 252 g/mol. The highest BCUT2D eigenvalue weighted by atomic mass is 16.6. The first-order valence-corrected chi connectivity index (χ1v) is 5.71. The van der Waals surface area contributed by atoms with Gasteiger partial charge in [-0.2, -0.15) is 0 Å². The maximum Gasteiger partial charge on any atom is 0.342 e. The van der Waals surface area contributed by atoms with E-state index >= 15 is 0 Å². The summed E-state index contributed by atoms with van der Waals surface area (Å²) < 4.78 is 5.21. The lowest BCUT2D eigenvalue weighted by molar-refractivity contribution is -0.0559. The van der Waals surface area contributed by atoms with E-state index in [1.807, 2.05) is 0 Å². The minimum atomic E-state index is -1.05. The van der Waals surface area contributed by atoms with Crippen molar-refractivity contribution in [1.29, 1.82) is 0 Å². The SMILES string of the molecule is Cc1c(O)cc(O)c2c1[C@H](C)[C@](C)(CO)OC2=O. The fourth-order valence-corrected chi connectivity index (χ4v) is 2.35. The Hall–Kier alpha value is -1.75. The number of rotatable bonds is 1. The third-order valence-electron chi connectivity index (χ3n) is 3.78. The number of fused-ring (bicyclic) bond motifs is 1. The Morgan fingerprint density at radius 3 is 2.56 bits per heavy atom. The molecule has 0 radical (unpaired) electrons. The molecule has 1 aliphatic heterocycles. The lowest BCUT2D eigenvalue weighted by Crippen LogP contribution is -2.45. The van der Waals surface area contributed by atoms with Crippen molar-refractivity contribution in [3.05, 3.63) is 22.8 Å². The summed E-state index contributed by atoms with van der Waals surface area (Å²) in [6.45, 7) is 4.75. The molecule has 0 aliphatic carbocycles. The fourth-order valence-electron chi connectivity index (χ4n) is 2.35. The zero-order chi connectivity index (χ0) is 13.7. The summed E-state index contributed by atoms with van der Waals surface area (Å²) >= 11 is 0. The minimum absolute atomic E-state index is 0.0729. The van der Waals surface area contributed by atoms with E-state index in [1.54, 1.807) is 20.8 Å². The smallest absolute Gasteiger partial charge is 0.342 e. The first kappa shape index (κ1) is 12.7. The molecule has 0 unspecified atom stereocenters. The first-order valence-electron chi connectivity index (χ1n) is 5.71. The fraction of sp³-hybridized carbons (Fsp3) is 0.462. The number of hydrogen-bond acceptors (Lipinski definition) is 5. The Labute approximate surface area is 105 Å². The van der Waals surface area contributed by atoms with E-state index in [1.165, 1.54) is 0 Å². The van der Waals surface area contributed by atoms with Gasteiger partial charge in [-0.3, -0.25) is 0 Å². The lowest BCUT2D eigenvalue weighted by atomic mass is 9.78. The van der Waals surface area contributed by atoms with Crippen LogP contribution in [0.3, 0.4) is 0 Å². The Morgan fingerprint density at radius 2 is 2.00 bits per heavy atom. The van der Waals surface area contributed by atoms with Crippen LogP contribution in [0.2, 0.25) is 0 Å². The molecule has 0 spiro atoms. The number of ether oxygens (including phenoxy) is 1. The quantitative estimate of drug-likeness (QED) is 0.658. The lowest BCUT2D eigenvalue weighted by Gasteiger charge is -2.39. The van der Waals surface area contributed by atoms with Crippen LogP contribution in [0.15, 0.2) is 6.07 Å². The van der Waals surface area contributed by atoms with Crippen molar-refractivity contribution in [3.63, 3.8) is 0 Å². The highest BCUT2D eigenvalue weighted by Gasteiger charge is 2.44. The van der Waals surface area contributed by atoms with Gasteiger partial charge in [0.15, 0.2) is 0 Å². The number of hydrogen-bond donors (Lipinski definition) is 3. The molecule has 5 heteroatoms. The number of carbonyl (C=O) groups excluding carboxylic acids is 1. The van der Waals surface area contributed by atoms with Gasteiger partial charge in [-0.15, -0.1) is 0 Å². The van der Waals surface area contributed by atoms with Crippen LogP contribution in [0.5, 0.6) is 11.5 Å². The topological polar surface area (TPSA) is 87.0 Å². The Morgan fingerprint density at radius 1 is 1.39 bits per heavy atom. The van der Waals surface area contributed by atoms with Gasteiger partial charge < -0.3 is 20.1 Å². The van der Waals surface area contributed by atoms with Gasteiger partial charge in [0.05, 0.1) is 6.61 Å². The second-order valence-electron chi connectivity index (χ2n) is 4.91. The predicted octanol–water partition coefficient (Wildman–Crippen LogP) is 1.43. The Balaban J connectivity index is 2.75. The molecule has 1 aromatic carbocycles. The van der Waals surface area contributed by atoms with Crippen LogP contribution in [0.25, 0.3) is 0 Å². The third kappa shape index (κ3) is 1.54. The maximum atomic E-state index is 11.9. The highest BCUT2D eigenvalue weighted by molar-refractivity contribution is 5.96. The summed E-state index contributed by atoms with van der Waals surface area (Å²) in [6, 6.07) is 1.13. The number of esters is 1. The second kappa shape index (κ2) is 3.88. The van der Waals surface area contributed by atoms with E-state index in [0.29, 0.717) is 11.1 Å². The molecular formula is C13H16O5. The Kier molecular flexibility index (Phi) is 2.74. The molecule has 2 rings (SSSR count). The first-order chi connectivity index (χ1) is 8.31. The van der Waals surface area contributed by atoms with Gasteiger partial charge in [-0.05, 0) is 25.0 Å². The van der Waals surface area contributed by atoms with Gasteiger partial charge in [0.1, 0.15) is 22.7 Å². The predicted molar refractivity (Wildman–Crippen MR) is 63.8 cm³/mol. The summed E-state index contributed by atoms with van der Waals surface area (Å²) in [6.07, 6.45) is 0. The molecule has 18 heavy (non-hydrogen) atoms. The number of aliphatic hydroxyl groups excluding tert-OH is 1. The highest BCUT2D eigenvalue weighted by Crippen LogP contribution is 2.45. The normalized spacial score (nSPS) is 26.7. The number of aromatic hydroxyl groups is 2. The van der Waals surface area contributed by atoms with Crippen molar-refractivity contribution in [2.24, 2.45) is 0 Å². The second-order valence-corrected chi connectivity index (χ2v) is 4.91. The average Bonchev–Trinajstić information content (AvgIpc) is 2.30. The molecule has 0 saturated heterocycles. The number of phenols is 2. The standard InChI is InChI=1S/C13H16O5/c1-6-8(15)4-9(16)11-10(6)7(2)13(3,5-14)18-12(11)17/h4,7,14-16H,5H2,1-3H3/t7-,13-/m0/s1. The zero-order valence-corrected chi connectivity index (χ0v) is 10.5. The van der Waals surface area contributed by atoms with E-state index in [2.05, 4.69) is 0 Å². The zero-order valence-electron chi connectivity index (χ0n) is 10.5. The van der Waals surface area contributed by atoms with Crippen molar-refractivity contribution in [3.8, 4) is 11.5 Å². The minimum Gasteiger partial charge on any atom is -0.508 e. The van der Waals surface area contributed by atoms with Gasteiger partial charge in [-0.1, -0.05) is 6.92 Å². The third-order valence-corrected chi connectivity index (χ3v) is 3.78. The van der Waals surface area contributed by atoms with Gasteiger partial charge in [0, 0.05) is 12.0 Å². The number of aliphatic hydroxyl groups is 1. The van der Waals surface area contributed by atoms with Gasteiger partial charge in [-0.25, -0.2) is 4.79 Å². The number of carbonyl (C=O) groups is 1. The summed E-state index contributed by atoms with van der Waals surface area (Å²) in [4.78, 5) is 11.9. The van der Waals surface area contributed by atoms with Crippen LogP contribution >= 0.6 is 0 Å². The maximum absolute atomic E-state index is 11.9. The van der Waals surface area contributed by atoms with Gasteiger partial charge in [0.25, 0.3) is 0 Å². The molecule has 2 atom stereocenters. The van der Waals surface area contributed by atoms with Crippen molar-refractivity contribution >= 4 is 5.97 Å². The van der Waals surface area contributed by atoms with Gasteiger partial charge >= 0.3 is 5.97 Å². The molecule has 0 aromatic heterocycles. The molecule has 0 saturated carbocycles. The van der Waals surface area contributed by atoms with Crippen LogP contribution in [-0.4, -0.2) is 33.5 Å². The summed E-state index contributed by atoms with van der Waals surface area (Å²) in [5.41, 5.74) is 0.0744. The number of benzene rings is 1. The van der Waals surface area contributed by atoms with Crippen LogP contribution in [-0.2, 0) is 4.74 Å². The number of cyclic esters (lactones) is 1. The van der Waals surface area contributed by atoms with E-state index in [-0.39, 0.29) is 29.6 Å². The van der Waals surface area contributed by atoms with Crippen LogP contribution in [0.4, 0.5) is 0 Å². The van der Waals surface area contributed by atoms with Crippen LogP contribution < -0.4 is 0 Å². The van der Waals surface area contributed by atoms with Crippen molar-refractivity contribution < 1.29 is 24.9 Å². The Bertz CT molecular complexity index is 523. The molecule has 0 amide bonds.